The minimum atomic E-state index is -3.98. The number of ether oxygens (including phenoxy) is 1. The molecule has 3 aromatic carbocycles. The zero-order chi connectivity index (χ0) is 25.6. The van der Waals surface area contributed by atoms with Gasteiger partial charge in [0.05, 0.1) is 22.9 Å². The Labute approximate surface area is 207 Å². The maximum atomic E-state index is 13.5. The maximum Gasteiger partial charge on any atom is 0.264 e. The maximum absolute atomic E-state index is 13.5. The molecule has 0 aliphatic heterocycles. The molecule has 0 saturated heterocycles. The summed E-state index contributed by atoms with van der Waals surface area (Å²) in [6.07, 6.45) is 1.57. The van der Waals surface area contributed by atoms with Crippen LogP contribution in [-0.2, 0) is 14.8 Å². The molecule has 0 spiro atoms. The smallest absolute Gasteiger partial charge is 0.264 e. The molecule has 0 atom stereocenters. The van der Waals surface area contributed by atoms with Gasteiger partial charge in [0.25, 0.3) is 15.9 Å². The van der Waals surface area contributed by atoms with E-state index in [0.29, 0.717) is 5.69 Å². The molecular weight excluding hydrogens is 462 g/mol. The predicted molar refractivity (Wildman–Crippen MR) is 140 cm³/mol. The lowest BCUT2D eigenvalue weighted by Gasteiger charge is -2.24. The SMILES string of the molecule is Cc1ccc(S(=O)(=O)N(CC(=O)N/N=C/c2ccc(OC(C)C)cc2)c2cc(C)cc(C)c2)cc1. The van der Waals surface area contributed by atoms with Crippen molar-refractivity contribution in [3.05, 3.63) is 89.0 Å². The number of benzene rings is 3. The lowest BCUT2D eigenvalue weighted by Crippen LogP contribution is -2.39. The van der Waals surface area contributed by atoms with Crippen molar-refractivity contribution >= 4 is 27.8 Å². The lowest BCUT2D eigenvalue weighted by atomic mass is 10.1. The van der Waals surface area contributed by atoms with Crippen molar-refractivity contribution < 1.29 is 17.9 Å². The molecule has 0 saturated carbocycles. The van der Waals surface area contributed by atoms with E-state index in [-0.39, 0.29) is 11.0 Å². The number of rotatable bonds is 9. The van der Waals surface area contributed by atoms with Crippen LogP contribution < -0.4 is 14.5 Å². The summed E-state index contributed by atoms with van der Waals surface area (Å²) in [6, 6.07) is 19.3. The molecule has 3 rings (SSSR count). The molecule has 35 heavy (non-hydrogen) atoms. The standard InChI is InChI=1S/C27H31N3O4S/c1-19(2)34-25-10-8-23(9-11-25)17-28-29-27(31)18-30(24-15-21(4)14-22(5)16-24)35(32,33)26-12-6-20(3)7-13-26/h6-17,19H,18H2,1-5H3,(H,29,31)/b28-17+. The first kappa shape index (κ1) is 26.0. The second-order valence-corrected chi connectivity index (χ2v) is 10.6. The third-order valence-corrected chi connectivity index (χ3v) is 6.83. The van der Waals surface area contributed by atoms with Gasteiger partial charge in [0.2, 0.25) is 0 Å². The molecule has 0 aromatic heterocycles. The lowest BCUT2D eigenvalue weighted by molar-refractivity contribution is -0.119. The highest BCUT2D eigenvalue weighted by atomic mass is 32.2. The van der Waals surface area contributed by atoms with E-state index in [9.17, 15) is 13.2 Å². The zero-order valence-electron chi connectivity index (χ0n) is 20.6. The molecule has 0 heterocycles. The Morgan fingerprint density at radius 1 is 0.943 bits per heavy atom. The topological polar surface area (TPSA) is 88.1 Å². The molecule has 0 radical (unpaired) electrons. The summed E-state index contributed by atoms with van der Waals surface area (Å²) in [5, 5.41) is 3.99. The Bertz CT molecular complexity index is 1280. The highest BCUT2D eigenvalue weighted by Gasteiger charge is 2.27. The number of aryl methyl sites for hydroxylation is 3. The first-order valence-electron chi connectivity index (χ1n) is 11.3. The molecule has 0 unspecified atom stereocenters. The minimum absolute atomic E-state index is 0.0742. The Morgan fingerprint density at radius 3 is 2.11 bits per heavy atom. The van der Waals surface area contributed by atoms with Crippen LogP contribution in [-0.4, -0.2) is 33.2 Å². The van der Waals surface area contributed by atoms with Crippen LogP contribution in [0.15, 0.2) is 76.7 Å². The summed E-state index contributed by atoms with van der Waals surface area (Å²) < 4.78 is 33.7. The zero-order valence-corrected chi connectivity index (χ0v) is 21.5. The molecule has 0 aliphatic rings. The molecule has 3 aromatic rings. The molecule has 7 nitrogen and oxygen atoms in total. The number of anilines is 1. The van der Waals surface area contributed by atoms with Crippen molar-refractivity contribution in [2.24, 2.45) is 5.10 Å². The third kappa shape index (κ3) is 7.16. The van der Waals surface area contributed by atoms with Crippen molar-refractivity contribution in [3.63, 3.8) is 0 Å². The van der Waals surface area contributed by atoms with Crippen molar-refractivity contribution in [3.8, 4) is 5.75 Å². The van der Waals surface area contributed by atoms with Crippen molar-refractivity contribution in [1.29, 1.82) is 0 Å². The van der Waals surface area contributed by atoms with Crippen LogP contribution in [0, 0.1) is 20.8 Å². The summed E-state index contributed by atoms with van der Waals surface area (Å²) in [6.45, 7) is 9.13. The van der Waals surface area contributed by atoms with Crippen molar-refractivity contribution in [1.82, 2.24) is 5.43 Å². The number of amides is 1. The number of sulfonamides is 1. The van der Waals surface area contributed by atoms with E-state index >= 15 is 0 Å². The van der Waals surface area contributed by atoms with Gasteiger partial charge in [-0.15, -0.1) is 0 Å². The Balaban J connectivity index is 1.80. The average Bonchev–Trinajstić information content (AvgIpc) is 2.78. The molecule has 0 fully saturated rings. The summed E-state index contributed by atoms with van der Waals surface area (Å²) in [5.74, 6) is 0.183. The molecular formula is C27H31N3O4S. The number of carbonyl (C=O) groups excluding carboxylic acids is 1. The fourth-order valence-corrected chi connectivity index (χ4v) is 4.90. The van der Waals surface area contributed by atoms with E-state index in [1.54, 1.807) is 36.4 Å². The van der Waals surface area contributed by atoms with Crippen molar-refractivity contribution in [2.45, 2.75) is 45.6 Å². The summed E-state index contributed by atoms with van der Waals surface area (Å²) >= 11 is 0. The van der Waals surface area contributed by atoms with Gasteiger partial charge in [-0.25, -0.2) is 13.8 Å². The first-order chi connectivity index (χ1) is 16.5. The predicted octanol–water partition coefficient (Wildman–Crippen LogP) is 4.74. The van der Waals surface area contributed by atoms with E-state index in [4.69, 9.17) is 4.74 Å². The molecule has 1 N–H and O–H groups in total. The normalized spacial score (nSPS) is 11.6. The second kappa shape index (κ2) is 11.2. The van der Waals surface area contributed by atoms with E-state index in [0.717, 1.165) is 32.3 Å². The Kier molecular flexibility index (Phi) is 8.30. The minimum Gasteiger partial charge on any atom is -0.491 e. The van der Waals surface area contributed by atoms with Crippen LogP contribution in [0.2, 0.25) is 0 Å². The highest BCUT2D eigenvalue weighted by molar-refractivity contribution is 7.92. The van der Waals surface area contributed by atoms with Gasteiger partial charge < -0.3 is 4.74 Å². The summed E-state index contributed by atoms with van der Waals surface area (Å²) in [7, 11) is -3.98. The number of hydrogen-bond donors (Lipinski definition) is 1. The molecule has 0 aliphatic carbocycles. The molecule has 0 bridgehead atoms. The summed E-state index contributed by atoms with van der Waals surface area (Å²) in [4.78, 5) is 12.9. The van der Waals surface area contributed by atoms with Gasteiger partial charge in [-0.1, -0.05) is 23.8 Å². The monoisotopic (exact) mass is 493 g/mol. The second-order valence-electron chi connectivity index (χ2n) is 8.70. The van der Waals surface area contributed by atoms with E-state index in [1.165, 1.54) is 6.21 Å². The van der Waals surface area contributed by atoms with E-state index in [1.807, 2.05) is 65.0 Å². The van der Waals surface area contributed by atoms with Crippen LogP contribution in [0.3, 0.4) is 0 Å². The van der Waals surface area contributed by atoms with Crippen LogP contribution in [0.25, 0.3) is 0 Å². The van der Waals surface area contributed by atoms with Crippen molar-refractivity contribution in [2.75, 3.05) is 10.8 Å². The Morgan fingerprint density at radius 2 is 1.54 bits per heavy atom. The van der Waals surface area contributed by atoms with Gasteiger partial charge in [0.15, 0.2) is 0 Å². The van der Waals surface area contributed by atoms with Gasteiger partial charge in [-0.3, -0.25) is 9.10 Å². The van der Waals surface area contributed by atoms with Gasteiger partial charge in [0.1, 0.15) is 12.3 Å². The van der Waals surface area contributed by atoms with Gasteiger partial charge in [0, 0.05) is 0 Å². The number of hydrogen-bond acceptors (Lipinski definition) is 5. The van der Waals surface area contributed by atoms with E-state index < -0.39 is 22.5 Å². The van der Waals surface area contributed by atoms with Crippen LogP contribution in [0.1, 0.15) is 36.1 Å². The Hall–Kier alpha value is -3.65. The van der Waals surface area contributed by atoms with Crippen LogP contribution in [0.4, 0.5) is 5.69 Å². The highest BCUT2D eigenvalue weighted by Crippen LogP contribution is 2.26. The number of nitrogens with zero attached hydrogens (tertiary/aromatic N) is 2. The first-order valence-corrected chi connectivity index (χ1v) is 12.7. The number of hydrazone groups is 1. The van der Waals surface area contributed by atoms with E-state index in [2.05, 4.69) is 10.5 Å². The quantitative estimate of drug-likeness (QED) is 0.344. The third-order valence-electron chi connectivity index (χ3n) is 5.05. The summed E-state index contributed by atoms with van der Waals surface area (Å²) in [5.41, 5.74) is 6.35. The molecule has 1 amide bonds. The largest absolute Gasteiger partial charge is 0.491 e. The molecule has 8 heteroatoms. The van der Waals surface area contributed by atoms with Crippen LogP contribution >= 0.6 is 0 Å². The van der Waals surface area contributed by atoms with Gasteiger partial charge >= 0.3 is 0 Å². The van der Waals surface area contributed by atoms with Gasteiger partial charge in [-0.05, 0) is 99.8 Å². The molecule has 184 valence electrons. The average molecular weight is 494 g/mol. The number of nitrogens with one attached hydrogen (secondary N) is 1. The number of carbonyl (C=O) groups is 1. The fraction of sp³-hybridized carbons (Fsp3) is 0.259. The van der Waals surface area contributed by atoms with Crippen LogP contribution in [0.5, 0.6) is 5.75 Å². The fourth-order valence-electron chi connectivity index (χ4n) is 3.50. The van der Waals surface area contributed by atoms with Gasteiger partial charge in [-0.2, -0.15) is 5.10 Å².